The largest absolute Gasteiger partial charge is 0.390 e. The summed E-state index contributed by atoms with van der Waals surface area (Å²) >= 11 is 0. The van der Waals surface area contributed by atoms with Gasteiger partial charge in [-0.1, -0.05) is 25.7 Å². The Labute approximate surface area is 136 Å². The summed E-state index contributed by atoms with van der Waals surface area (Å²) in [5, 5.41) is 31.5. The van der Waals surface area contributed by atoms with Gasteiger partial charge in [0, 0.05) is 26.2 Å². The monoisotopic (exact) mass is 318 g/mol. The van der Waals surface area contributed by atoms with Crippen LogP contribution in [-0.2, 0) is 0 Å². The third kappa shape index (κ3) is 16.1. The van der Waals surface area contributed by atoms with Crippen LogP contribution in [0.5, 0.6) is 0 Å². The van der Waals surface area contributed by atoms with Gasteiger partial charge in [0.25, 0.3) is 0 Å². The molecule has 0 fully saturated rings. The molecule has 0 aromatic carbocycles. The quantitative estimate of drug-likeness (QED) is 0.206. The van der Waals surface area contributed by atoms with E-state index in [1.165, 1.54) is 38.5 Å². The number of aliphatic hydroxyl groups is 2. The molecule has 0 unspecified atom stereocenters. The molecule has 0 saturated heterocycles. The topological polar surface area (TPSA) is 88.6 Å². The molecule has 6 nitrogen and oxygen atoms in total. The highest BCUT2D eigenvalue weighted by Crippen LogP contribution is 2.04. The van der Waals surface area contributed by atoms with E-state index >= 15 is 0 Å². The van der Waals surface area contributed by atoms with Crippen LogP contribution < -0.4 is 21.3 Å². The Morgan fingerprint density at radius 2 is 0.955 bits per heavy atom. The minimum atomic E-state index is -0.288. The predicted octanol–water partition coefficient (Wildman–Crippen LogP) is -0.333. The van der Waals surface area contributed by atoms with Gasteiger partial charge < -0.3 is 31.5 Å². The van der Waals surface area contributed by atoms with Crippen molar-refractivity contribution in [3.63, 3.8) is 0 Å². The molecular weight excluding hydrogens is 280 g/mol. The number of aliphatic hydroxyl groups excluding tert-OH is 2. The zero-order valence-corrected chi connectivity index (χ0v) is 14.5. The van der Waals surface area contributed by atoms with Crippen LogP contribution in [0.2, 0.25) is 0 Å². The first kappa shape index (κ1) is 21.8. The second-order valence-corrected chi connectivity index (χ2v) is 5.95. The van der Waals surface area contributed by atoms with E-state index in [1.807, 2.05) is 14.1 Å². The fourth-order valence-electron chi connectivity index (χ4n) is 2.36. The van der Waals surface area contributed by atoms with Crippen molar-refractivity contribution in [1.29, 1.82) is 0 Å². The molecule has 0 aromatic heterocycles. The molecule has 0 rings (SSSR count). The zero-order chi connectivity index (χ0) is 16.5. The molecule has 0 heterocycles. The van der Waals surface area contributed by atoms with Crippen molar-refractivity contribution in [3.05, 3.63) is 0 Å². The van der Waals surface area contributed by atoms with Gasteiger partial charge in [-0.2, -0.15) is 0 Å². The molecule has 0 radical (unpaired) electrons. The summed E-state index contributed by atoms with van der Waals surface area (Å²) in [5.41, 5.74) is 0. The number of nitrogens with one attached hydrogen (secondary N) is 4. The fourth-order valence-corrected chi connectivity index (χ4v) is 2.36. The molecule has 0 aromatic rings. The molecule has 6 N–H and O–H groups in total. The van der Waals surface area contributed by atoms with Gasteiger partial charge in [-0.3, -0.25) is 0 Å². The summed E-state index contributed by atoms with van der Waals surface area (Å²) in [6.45, 7) is 4.62. The van der Waals surface area contributed by atoms with Crippen molar-refractivity contribution < 1.29 is 10.2 Å². The van der Waals surface area contributed by atoms with Crippen LogP contribution in [0.3, 0.4) is 0 Å². The highest BCUT2D eigenvalue weighted by molar-refractivity contribution is 4.62. The van der Waals surface area contributed by atoms with E-state index in [0.717, 1.165) is 13.1 Å². The van der Waals surface area contributed by atoms with Crippen molar-refractivity contribution >= 4 is 0 Å². The summed E-state index contributed by atoms with van der Waals surface area (Å²) in [6, 6.07) is 0. The molecule has 134 valence electrons. The molecule has 0 spiro atoms. The van der Waals surface area contributed by atoms with E-state index in [-0.39, 0.29) is 12.2 Å². The maximum Gasteiger partial charge on any atom is 0.0788 e. The van der Waals surface area contributed by atoms with Crippen LogP contribution >= 0.6 is 0 Å². The highest BCUT2D eigenvalue weighted by atomic mass is 16.3. The number of hydrogen-bond acceptors (Lipinski definition) is 6. The molecule has 0 aliphatic heterocycles. The van der Waals surface area contributed by atoms with Crippen molar-refractivity contribution in [2.75, 3.05) is 53.4 Å². The first-order valence-electron chi connectivity index (χ1n) is 8.77. The Balaban J connectivity index is 3.08. The van der Waals surface area contributed by atoms with Gasteiger partial charge in [0.05, 0.1) is 12.2 Å². The van der Waals surface area contributed by atoms with Gasteiger partial charge >= 0.3 is 0 Å². The molecule has 0 bridgehead atoms. The van der Waals surface area contributed by atoms with E-state index < -0.39 is 0 Å². The zero-order valence-electron chi connectivity index (χ0n) is 14.5. The highest BCUT2D eigenvalue weighted by Gasteiger charge is 2.01. The maximum absolute atomic E-state index is 9.51. The second kappa shape index (κ2) is 17.1. The van der Waals surface area contributed by atoms with Gasteiger partial charge in [-0.05, 0) is 40.0 Å². The molecular formula is C16H38N4O2. The van der Waals surface area contributed by atoms with Crippen LogP contribution in [0.15, 0.2) is 0 Å². The molecule has 6 heteroatoms. The van der Waals surface area contributed by atoms with Crippen molar-refractivity contribution in [2.45, 2.75) is 50.7 Å². The van der Waals surface area contributed by atoms with Gasteiger partial charge in [0.15, 0.2) is 0 Å². The van der Waals surface area contributed by atoms with Crippen molar-refractivity contribution in [3.8, 4) is 0 Å². The van der Waals surface area contributed by atoms with Gasteiger partial charge in [0.1, 0.15) is 0 Å². The van der Waals surface area contributed by atoms with Crippen LogP contribution in [0.25, 0.3) is 0 Å². The summed E-state index contributed by atoms with van der Waals surface area (Å²) in [7, 11) is 3.70. The number of hydrogen-bond donors (Lipinski definition) is 6. The Morgan fingerprint density at radius 1 is 0.591 bits per heavy atom. The minimum Gasteiger partial charge on any atom is -0.390 e. The molecule has 2 atom stereocenters. The molecule has 22 heavy (non-hydrogen) atoms. The number of rotatable bonds is 17. The SMILES string of the molecule is CNC[C@@H](O)CNCCCCCCCCNC[C@@H](O)CNC. The molecule has 0 aliphatic carbocycles. The number of unbranched alkanes of at least 4 members (excludes halogenated alkanes) is 5. The summed E-state index contributed by atoms with van der Waals surface area (Å²) in [4.78, 5) is 0. The fraction of sp³-hybridized carbons (Fsp3) is 1.00. The van der Waals surface area contributed by atoms with E-state index in [2.05, 4.69) is 21.3 Å². The molecule has 0 amide bonds. The van der Waals surface area contributed by atoms with Gasteiger partial charge in [0.2, 0.25) is 0 Å². The lowest BCUT2D eigenvalue weighted by atomic mass is 10.1. The first-order valence-corrected chi connectivity index (χ1v) is 8.77. The minimum absolute atomic E-state index is 0.288. The lowest BCUT2D eigenvalue weighted by molar-refractivity contribution is 0.171. The Bertz CT molecular complexity index is 198. The standard InChI is InChI=1S/C16H38N4O2/c1-17-11-15(21)13-19-9-7-5-3-4-6-8-10-20-14-16(22)12-18-2/h15-22H,3-14H2,1-2H3/t15-,16+. The van der Waals surface area contributed by atoms with Crippen molar-refractivity contribution in [2.24, 2.45) is 0 Å². The summed E-state index contributed by atoms with van der Waals surface area (Å²) in [6.07, 6.45) is 6.86. The Hall–Kier alpha value is -0.240. The van der Waals surface area contributed by atoms with Crippen LogP contribution in [0, 0.1) is 0 Å². The van der Waals surface area contributed by atoms with E-state index in [4.69, 9.17) is 0 Å². The lowest BCUT2D eigenvalue weighted by Crippen LogP contribution is -2.34. The third-order valence-corrected chi connectivity index (χ3v) is 3.60. The predicted molar refractivity (Wildman–Crippen MR) is 93.3 cm³/mol. The maximum atomic E-state index is 9.51. The normalized spacial score (nSPS) is 14.2. The lowest BCUT2D eigenvalue weighted by Gasteiger charge is -2.11. The van der Waals surface area contributed by atoms with Crippen molar-refractivity contribution in [1.82, 2.24) is 21.3 Å². The second-order valence-electron chi connectivity index (χ2n) is 5.95. The smallest absolute Gasteiger partial charge is 0.0788 e. The first-order chi connectivity index (χ1) is 10.7. The summed E-state index contributed by atoms with van der Waals surface area (Å²) in [5.74, 6) is 0. The average molecular weight is 319 g/mol. The van der Waals surface area contributed by atoms with E-state index in [0.29, 0.717) is 26.2 Å². The van der Waals surface area contributed by atoms with E-state index in [9.17, 15) is 10.2 Å². The third-order valence-electron chi connectivity index (χ3n) is 3.60. The Kier molecular flexibility index (Phi) is 16.9. The molecule has 0 saturated carbocycles. The summed E-state index contributed by atoms with van der Waals surface area (Å²) < 4.78 is 0. The Morgan fingerprint density at radius 3 is 1.32 bits per heavy atom. The number of likely N-dealkylation sites (N-methyl/N-ethyl adjacent to an activating group) is 2. The van der Waals surface area contributed by atoms with Crippen LogP contribution in [-0.4, -0.2) is 75.8 Å². The molecule has 0 aliphatic rings. The van der Waals surface area contributed by atoms with Crippen LogP contribution in [0.1, 0.15) is 38.5 Å². The van der Waals surface area contributed by atoms with Crippen LogP contribution in [0.4, 0.5) is 0 Å². The average Bonchev–Trinajstić information content (AvgIpc) is 2.49. The van der Waals surface area contributed by atoms with E-state index in [1.54, 1.807) is 0 Å². The van der Waals surface area contributed by atoms with Gasteiger partial charge in [-0.25, -0.2) is 0 Å². The van der Waals surface area contributed by atoms with Gasteiger partial charge in [-0.15, -0.1) is 0 Å².